The minimum Gasteiger partial charge on any atom is -0.454 e. The zero-order valence-corrected chi connectivity index (χ0v) is 33.8. The third-order valence-corrected chi connectivity index (χ3v) is 13.7. The van der Waals surface area contributed by atoms with Crippen molar-refractivity contribution in [3.63, 3.8) is 0 Å². The lowest BCUT2D eigenvalue weighted by Gasteiger charge is -2.16. The zero-order chi connectivity index (χ0) is 40.5. The fourth-order valence-corrected chi connectivity index (χ4v) is 10.9. The quantitative estimate of drug-likeness (QED) is 0.178. The summed E-state index contributed by atoms with van der Waals surface area (Å²) in [4.78, 5) is 16.3. The molecule has 0 bridgehead atoms. The van der Waals surface area contributed by atoms with Gasteiger partial charge in [0.25, 0.3) is 0 Å². The normalized spacial score (nSPS) is 12.2. The summed E-state index contributed by atoms with van der Waals surface area (Å²) >= 11 is 1.79. The molecule has 0 atom stereocenters. The summed E-state index contributed by atoms with van der Waals surface area (Å²) < 4.78 is 14.0. The third kappa shape index (κ3) is 4.76. The predicted molar refractivity (Wildman–Crippen MR) is 257 cm³/mol. The van der Waals surface area contributed by atoms with Gasteiger partial charge in [-0.2, -0.15) is 9.97 Å². The molecule has 0 aliphatic carbocycles. The first-order valence-electron chi connectivity index (χ1n) is 20.8. The number of hydrogen-bond donors (Lipinski definition) is 0. The van der Waals surface area contributed by atoms with Crippen LogP contribution >= 0.6 is 11.3 Å². The molecular weight excluding hydrogens is 779 g/mol. The number of hydrogen-bond acceptors (Lipinski definition) is 5. The van der Waals surface area contributed by atoms with E-state index >= 15 is 0 Å². The van der Waals surface area contributed by atoms with E-state index in [1.54, 1.807) is 11.3 Å². The average molecular weight is 810 g/mol. The number of rotatable bonds is 4. The molecule has 7 heteroatoms. The van der Waals surface area contributed by atoms with Crippen LogP contribution in [0.3, 0.4) is 0 Å². The number of benzene rings is 9. The van der Waals surface area contributed by atoms with Gasteiger partial charge in [-0.05, 0) is 71.4 Å². The topological polar surface area (TPSA) is 61.7 Å². The van der Waals surface area contributed by atoms with Gasteiger partial charge < -0.3 is 8.98 Å². The number of fused-ring (bicyclic) bond motifs is 13. The van der Waals surface area contributed by atoms with Gasteiger partial charge in [0.05, 0.1) is 22.1 Å². The van der Waals surface area contributed by atoms with Crippen LogP contribution in [0.15, 0.2) is 192 Å². The van der Waals surface area contributed by atoms with Gasteiger partial charge in [0.15, 0.2) is 17.2 Å². The molecule has 5 aromatic heterocycles. The molecule has 0 amide bonds. The first-order chi connectivity index (χ1) is 30.7. The summed E-state index contributed by atoms with van der Waals surface area (Å²) in [7, 11) is 0. The van der Waals surface area contributed by atoms with Gasteiger partial charge in [0.2, 0.25) is 5.95 Å². The molecule has 9 aromatic carbocycles. The number of thiophene rings is 1. The molecule has 0 unspecified atom stereocenters. The van der Waals surface area contributed by atoms with E-state index in [-0.39, 0.29) is 0 Å². The highest BCUT2D eigenvalue weighted by atomic mass is 32.1. The molecular formula is C55H31N5OS. The number of nitrogens with zero attached hydrogens (tertiary/aromatic N) is 5. The Hall–Kier alpha value is -8.13. The monoisotopic (exact) mass is 809 g/mol. The van der Waals surface area contributed by atoms with Crippen LogP contribution in [0.2, 0.25) is 0 Å². The van der Waals surface area contributed by atoms with Crippen LogP contribution in [0, 0.1) is 0 Å². The summed E-state index contributed by atoms with van der Waals surface area (Å²) in [5.41, 5.74) is 8.43. The van der Waals surface area contributed by atoms with E-state index < -0.39 is 0 Å². The van der Waals surface area contributed by atoms with Gasteiger partial charge >= 0.3 is 0 Å². The van der Waals surface area contributed by atoms with Gasteiger partial charge in [0, 0.05) is 63.6 Å². The molecule has 0 aliphatic rings. The second-order valence-corrected chi connectivity index (χ2v) is 17.1. The van der Waals surface area contributed by atoms with Crippen molar-refractivity contribution < 1.29 is 4.42 Å². The second kappa shape index (κ2) is 12.7. The zero-order valence-electron chi connectivity index (χ0n) is 33.0. The van der Waals surface area contributed by atoms with Crippen molar-refractivity contribution in [2.75, 3.05) is 0 Å². The maximum atomic E-state index is 6.97. The Balaban J connectivity index is 1.12. The predicted octanol–water partition coefficient (Wildman–Crippen LogP) is 14.8. The van der Waals surface area contributed by atoms with Crippen molar-refractivity contribution in [3.05, 3.63) is 188 Å². The summed E-state index contributed by atoms with van der Waals surface area (Å²) in [6.07, 6.45) is 0. The number of para-hydroxylation sites is 4. The van der Waals surface area contributed by atoms with Crippen molar-refractivity contribution in [3.8, 4) is 34.4 Å². The van der Waals surface area contributed by atoms with Gasteiger partial charge in [0.1, 0.15) is 11.3 Å². The molecule has 62 heavy (non-hydrogen) atoms. The Morgan fingerprint density at radius 3 is 1.74 bits per heavy atom. The average Bonchev–Trinajstić information content (AvgIpc) is 4.08. The van der Waals surface area contributed by atoms with Crippen LogP contribution in [0.25, 0.3) is 131 Å². The van der Waals surface area contributed by atoms with Gasteiger partial charge in [-0.15, -0.1) is 11.3 Å². The Morgan fingerprint density at radius 2 is 0.968 bits per heavy atom. The maximum absolute atomic E-state index is 6.97. The molecule has 0 fully saturated rings. The second-order valence-electron chi connectivity index (χ2n) is 16.0. The molecule has 0 saturated carbocycles. The molecule has 0 spiro atoms. The van der Waals surface area contributed by atoms with Crippen molar-refractivity contribution in [1.82, 2.24) is 24.1 Å². The lowest BCUT2D eigenvalue weighted by atomic mass is 10.1. The summed E-state index contributed by atoms with van der Waals surface area (Å²) in [6, 6.07) is 66.6. The lowest BCUT2D eigenvalue weighted by molar-refractivity contribution is 0.666. The molecule has 14 aromatic rings. The highest BCUT2D eigenvalue weighted by Crippen LogP contribution is 2.44. The molecule has 14 rings (SSSR count). The van der Waals surface area contributed by atoms with Crippen molar-refractivity contribution >= 4 is 108 Å². The van der Waals surface area contributed by atoms with Crippen LogP contribution in [-0.4, -0.2) is 24.1 Å². The lowest BCUT2D eigenvalue weighted by Crippen LogP contribution is -2.08. The van der Waals surface area contributed by atoms with E-state index in [2.05, 4.69) is 185 Å². The fraction of sp³-hybridized carbons (Fsp3) is 0. The van der Waals surface area contributed by atoms with E-state index in [4.69, 9.17) is 19.4 Å². The summed E-state index contributed by atoms with van der Waals surface area (Å²) in [5, 5.41) is 11.5. The Morgan fingerprint density at radius 1 is 0.387 bits per heavy atom. The fourth-order valence-electron chi connectivity index (χ4n) is 9.79. The third-order valence-electron chi connectivity index (χ3n) is 12.6. The van der Waals surface area contributed by atoms with E-state index in [1.165, 1.54) is 25.6 Å². The van der Waals surface area contributed by atoms with Crippen LogP contribution in [0.1, 0.15) is 0 Å². The van der Waals surface area contributed by atoms with Crippen LogP contribution in [0.4, 0.5) is 0 Å². The molecule has 0 saturated heterocycles. The standard InChI is InChI=1S/C55H31N5OS/c1-2-14-33-30-47-43(29-32(33)13-1)37-17-5-8-20-44(37)59(47)51-42(28-27-41-38-18-6-11-23-48(38)61-52(41)51)54-56-53(34-25-26-40-39-19-7-12-24-49(39)62-50(40)31-34)57-55(58-54)60-45-21-9-3-15-35(45)36-16-4-10-22-46(36)60/h1-31H. The summed E-state index contributed by atoms with van der Waals surface area (Å²) in [5.74, 6) is 1.69. The molecule has 5 heterocycles. The summed E-state index contributed by atoms with van der Waals surface area (Å²) in [6.45, 7) is 0. The van der Waals surface area contributed by atoms with Gasteiger partial charge in [-0.1, -0.05) is 127 Å². The minimum atomic E-state index is 0.544. The van der Waals surface area contributed by atoms with Crippen molar-refractivity contribution in [2.24, 2.45) is 0 Å². The van der Waals surface area contributed by atoms with Gasteiger partial charge in [-0.3, -0.25) is 4.57 Å². The molecule has 6 nitrogen and oxygen atoms in total. The van der Waals surface area contributed by atoms with E-state index in [0.29, 0.717) is 17.6 Å². The van der Waals surface area contributed by atoms with E-state index in [1.807, 2.05) is 12.1 Å². The largest absolute Gasteiger partial charge is 0.454 e. The highest BCUT2D eigenvalue weighted by Gasteiger charge is 2.25. The van der Waals surface area contributed by atoms with Crippen molar-refractivity contribution in [1.29, 1.82) is 0 Å². The highest BCUT2D eigenvalue weighted by molar-refractivity contribution is 7.25. The molecule has 288 valence electrons. The molecule has 0 aliphatic heterocycles. The van der Waals surface area contributed by atoms with E-state index in [9.17, 15) is 0 Å². The van der Waals surface area contributed by atoms with Crippen LogP contribution in [0.5, 0.6) is 0 Å². The number of aromatic nitrogens is 5. The Labute approximate surface area is 357 Å². The van der Waals surface area contributed by atoms with Crippen LogP contribution < -0.4 is 0 Å². The SMILES string of the molecule is c1ccc2cc3c(cc2c1)c1ccccc1n3-c1c(-c2nc(-c3ccc4c(c3)sc3ccccc34)nc(-n3c4ccccc4c4ccccc43)n2)ccc2c1oc1ccccc12. The van der Waals surface area contributed by atoms with Gasteiger partial charge in [-0.25, -0.2) is 4.98 Å². The minimum absolute atomic E-state index is 0.544. The maximum Gasteiger partial charge on any atom is 0.238 e. The number of furan rings is 1. The van der Waals surface area contributed by atoms with Crippen molar-refractivity contribution in [2.45, 2.75) is 0 Å². The Kier molecular flexibility index (Phi) is 6.89. The Bertz CT molecular complexity index is 4130. The first-order valence-corrected chi connectivity index (χ1v) is 21.6. The molecule has 0 N–H and O–H groups in total. The smallest absolute Gasteiger partial charge is 0.238 e. The van der Waals surface area contributed by atoms with Crippen LogP contribution in [-0.2, 0) is 0 Å². The first kappa shape index (κ1) is 33.7. The van der Waals surface area contributed by atoms with E-state index in [0.717, 1.165) is 87.8 Å². The molecule has 0 radical (unpaired) electrons.